The highest BCUT2D eigenvalue weighted by Gasteiger charge is 2.43. The summed E-state index contributed by atoms with van der Waals surface area (Å²) in [5.74, 6) is 0.252. The van der Waals surface area contributed by atoms with Gasteiger partial charge in [0.1, 0.15) is 5.54 Å². The minimum absolute atomic E-state index is 0.0558. The average Bonchev–Trinajstić information content (AvgIpc) is 3.33. The van der Waals surface area contributed by atoms with Crippen molar-refractivity contribution in [2.75, 3.05) is 32.7 Å². The molecule has 6 nitrogen and oxygen atoms in total. The Morgan fingerprint density at radius 1 is 1.48 bits per heavy atom. The Morgan fingerprint density at radius 2 is 2.17 bits per heavy atom. The molecule has 1 aliphatic carbocycles. The second-order valence-corrected chi connectivity index (χ2v) is 7.28. The van der Waals surface area contributed by atoms with Crippen molar-refractivity contribution >= 4 is 5.91 Å². The zero-order valence-corrected chi connectivity index (χ0v) is 14.6. The van der Waals surface area contributed by atoms with E-state index in [4.69, 9.17) is 0 Å². The first kappa shape index (κ1) is 18.2. The summed E-state index contributed by atoms with van der Waals surface area (Å²) in [6.45, 7) is 9.35. The molecule has 1 amide bonds. The van der Waals surface area contributed by atoms with Crippen LogP contribution in [-0.4, -0.2) is 71.2 Å². The minimum atomic E-state index is -0.713. The van der Waals surface area contributed by atoms with Crippen molar-refractivity contribution < 1.29 is 9.90 Å². The molecule has 2 fully saturated rings. The van der Waals surface area contributed by atoms with Gasteiger partial charge in [0.25, 0.3) is 0 Å². The summed E-state index contributed by atoms with van der Waals surface area (Å²) >= 11 is 0. The lowest BCUT2D eigenvalue weighted by atomic mass is 9.98. The smallest absolute Gasteiger partial charge is 0.235 e. The van der Waals surface area contributed by atoms with E-state index >= 15 is 0 Å². The van der Waals surface area contributed by atoms with Crippen LogP contribution in [0.1, 0.15) is 40.0 Å². The molecule has 130 valence electrons. The Balaban J connectivity index is 1.84. The summed E-state index contributed by atoms with van der Waals surface area (Å²) in [4.78, 5) is 16.8. The van der Waals surface area contributed by atoms with E-state index in [2.05, 4.69) is 28.1 Å². The van der Waals surface area contributed by atoms with Gasteiger partial charge in [-0.2, -0.15) is 5.26 Å². The van der Waals surface area contributed by atoms with Crippen molar-refractivity contribution in [1.82, 2.24) is 15.1 Å². The zero-order chi connectivity index (χ0) is 17.0. The fraction of sp³-hybridized carbons (Fsp3) is 0.882. The van der Waals surface area contributed by atoms with Crippen LogP contribution in [0.15, 0.2) is 0 Å². The van der Waals surface area contributed by atoms with E-state index in [1.807, 2.05) is 13.8 Å². The van der Waals surface area contributed by atoms with E-state index in [0.29, 0.717) is 25.0 Å². The largest absolute Gasteiger partial charge is 0.392 e. The Hall–Kier alpha value is -1.16. The Bertz CT molecular complexity index is 458. The van der Waals surface area contributed by atoms with Gasteiger partial charge in [-0.15, -0.1) is 0 Å². The molecular formula is C17H30N4O2. The number of hydrogen-bond donors (Lipinski definition) is 2. The van der Waals surface area contributed by atoms with Gasteiger partial charge < -0.3 is 10.4 Å². The van der Waals surface area contributed by atoms with Crippen LogP contribution in [0.3, 0.4) is 0 Å². The number of carbonyl (C=O) groups excluding carboxylic acids is 1. The molecular weight excluding hydrogens is 292 g/mol. The quantitative estimate of drug-likeness (QED) is 0.716. The van der Waals surface area contributed by atoms with Gasteiger partial charge in [-0.3, -0.25) is 14.6 Å². The van der Waals surface area contributed by atoms with Gasteiger partial charge in [-0.1, -0.05) is 6.92 Å². The maximum absolute atomic E-state index is 12.3. The third-order valence-electron chi connectivity index (χ3n) is 5.05. The second kappa shape index (κ2) is 7.61. The SMILES string of the molecule is CCC1CN(CC(=O)NC(C)(C#N)C2CC2)CCN1CC(C)O. The van der Waals surface area contributed by atoms with Gasteiger partial charge in [0, 0.05) is 32.2 Å². The van der Waals surface area contributed by atoms with E-state index in [-0.39, 0.29) is 12.0 Å². The lowest BCUT2D eigenvalue weighted by Crippen LogP contribution is -2.57. The molecule has 0 aromatic rings. The van der Waals surface area contributed by atoms with Crippen molar-refractivity contribution in [3.05, 3.63) is 0 Å². The lowest BCUT2D eigenvalue weighted by Gasteiger charge is -2.41. The van der Waals surface area contributed by atoms with E-state index < -0.39 is 5.54 Å². The Labute approximate surface area is 139 Å². The molecule has 1 saturated carbocycles. The van der Waals surface area contributed by atoms with Gasteiger partial charge in [0.15, 0.2) is 0 Å². The summed E-state index contributed by atoms with van der Waals surface area (Å²) in [5.41, 5.74) is -0.713. The molecule has 1 heterocycles. The first-order valence-electron chi connectivity index (χ1n) is 8.74. The number of nitrogens with one attached hydrogen (secondary N) is 1. The molecule has 2 aliphatic rings. The molecule has 0 aromatic carbocycles. The van der Waals surface area contributed by atoms with Gasteiger partial charge in [-0.05, 0) is 39.0 Å². The fourth-order valence-corrected chi connectivity index (χ4v) is 3.48. The number of aliphatic hydroxyl groups excluding tert-OH is 1. The Morgan fingerprint density at radius 3 is 2.70 bits per heavy atom. The number of β-amino-alcohol motifs (C(OH)–C–C–N with tert-alkyl or cyclic N) is 1. The molecule has 0 bridgehead atoms. The number of nitriles is 1. The summed E-state index contributed by atoms with van der Waals surface area (Å²) in [6.07, 6.45) is 2.73. The molecule has 2 rings (SSSR count). The van der Waals surface area contributed by atoms with E-state index in [0.717, 1.165) is 38.9 Å². The molecule has 3 atom stereocenters. The normalized spacial score (nSPS) is 27.0. The topological polar surface area (TPSA) is 79.6 Å². The molecule has 2 N–H and O–H groups in total. The van der Waals surface area contributed by atoms with Crippen molar-refractivity contribution in [3.63, 3.8) is 0 Å². The first-order valence-corrected chi connectivity index (χ1v) is 8.74. The average molecular weight is 322 g/mol. The monoisotopic (exact) mass is 322 g/mol. The highest BCUT2D eigenvalue weighted by Crippen LogP contribution is 2.39. The van der Waals surface area contributed by atoms with Crippen LogP contribution in [0.5, 0.6) is 0 Å². The van der Waals surface area contributed by atoms with Crippen LogP contribution < -0.4 is 5.32 Å². The highest BCUT2D eigenvalue weighted by molar-refractivity contribution is 5.79. The summed E-state index contributed by atoms with van der Waals surface area (Å²) in [7, 11) is 0. The van der Waals surface area contributed by atoms with Crippen molar-refractivity contribution in [2.45, 2.75) is 57.7 Å². The van der Waals surface area contributed by atoms with Crippen LogP contribution in [0.2, 0.25) is 0 Å². The number of hydrogen-bond acceptors (Lipinski definition) is 5. The van der Waals surface area contributed by atoms with Crippen molar-refractivity contribution in [2.24, 2.45) is 5.92 Å². The zero-order valence-electron chi connectivity index (χ0n) is 14.6. The van der Waals surface area contributed by atoms with E-state index in [1.54, 1.807) is 0 Å². The van der Waals surface area contributed by atoms with E-state index in [9.17, 15) is 15.2 Å². The molecule has 6 heteroatoms. The molecule has 1 saturated heterocycles. The van der Waals surface area contributed by atoms with Crippen LogP contribution in [0.4, 0.5) is 0 Å². The van der Waals surface area contributed by atoms with Crippen molar-refractivity contribution in [3.8, 4) is 6.07 Å². The predicted molar refractivity (Wildman–Crippen MR) is 88.7 cm³/mol. The van der Waals surface area contributed by atoms with Gasteiger partial charge >= 0.3 is 0 Å². The first-order chi connectivity index (χ1) is 10.9. The number of amides is 1. The summed E-state index contributed by atoms with van der Waals surface area (Å²) < 4.78 is 0. The summed E-state index contributed by atoms with van der Waals surface area (Å²) in [5, 5.41) is 21.9. The standard InChI is InChI=1S/C17H30N4O2/c1-4-15-10-20(7-8-21(15)9-13(2)22)11-16(23)19-17(3,12-18)14-5-6-14/h13-15,22H,4-11H2,1-3H3,(H,19,23). The molecule has 3 unspecified atom stereocenters. The number of nitrogens with zero attached hydrogens (tertiary/aromatic N) is 3. The number of rotatable bonds is 7. The van der Waals surface area contributed by atoms with Crippen molar-refractivity contribution in [1.29, 1.82) is 5.26 Å². The van der Waals surface area contributed by atoms with E-state index in [1.165, 1.54) is 0 Å². The second-order valence-electron chi connectivity index (χ2n) is 7.28. The Kier molecular flexibility index (Phi) is 6.01. The fourth-order valence-electron chi connectivity index (χ4n) is 3.48. The maximum Gasteiger partial charge on any atom is 0.235 e. The maximum atomic E-state index is 12.3. The molecule has 1 aliphatic heterocycles. The minimum Gasteiger partial charge on any atom is -0.392 e. The molecule has 23 heavy (non-hydrogen) atoms. The number of carbonyl (C=O) groups is 1. The highest BCUT2D eigenvalue weighted by atomic mass is 16.3. The molecule has 0 radical (unpaired) electrons. The number of piperazine rings is 1. The summed E-state index contributed by atoms with van der Waals surface area (Å²) in [6, 6.07) is 2.64. The van der Waals surface area contributed by atoms with Gasteiger partial charge in [0.05, 0.1) is 18.7 Å². The van der Waals surface area contributed by atoms with Crippen LogP contribution in [0.25, 0.3) is 0 Å². The predicted octanol–water partition coefficient (Wildman–Crippen LogP) is 0.572. The molecule has 0 aromatic heterocycles. The van der Waals surface area contributed by atoms with Gasteiger partial charge in [0.2, 0.25) is 5.91 Å². The number of aliphatic hydroxyl groups is 1. The van der Waals surface area contributed by atoms with Crippen LogP contribution in [0, 0.1) is 17.2 Å². The van der Waals surface area contributed by atoms with Gasteiger partial charge in [-0.25, -0.2) is 0 Å². The van der Waals surface area contributed by atoms with Crippen LogP contribution >= 0.6 is 0 Å². The third kappa shape index (κ3) is 4.90. The molecule has 0 spiro atoms. The van der Waals surface area contributed by atoms with Crippen LogP contribution in [-0.2, 0) is 4.79 Å². The third-order valence-corrected chi connectivity index (χ3v) is 5.05. The lowest BCUT2D eigenvalue weighted by molar-refractivity contribution is -0.124.